The minimum absolute atomic E-state index is 0.597. The predicted octanol–water partition coefficient (Wildman–Crippen LogP) is 2.65. The van der Waals surface area contributed by atoms with Gasteiger partial charge in [0, 0.05) is 0 Å². The molecule has 0 heterocycles. The minimum Gasteiger partial charge on any atom is -0.440 e. The largest absolute Gasteiger partial charge is 0.440 e. The highest BCUT2D eigenvalue weighted by Gasteiger charge is 2.22. The van der Waals surface area contributed by atoms with Gasteiger partial charge in [-0.15, -0.1) is 4.90 Å². The first-order chi connectivity index (χ1) is 5.77. The summed E-state index contributed by atoms with van der Waals surface area (Å²) >= 11 is 0. The van der Waals surface area contributed by atoms with Crippen molar-refractivity contribution in [3.05, 3.63) is 29.8 Å². The van der Waals surface area contributed by atoms with Gasteiger partial charge >= 0.3 is 0 Å². The van der Waals surface area contributed by atoms with E-state index < -0.39 is 10.6 Å². The van der Waals surface area contributed by atoms with E-state index in [0.29, 0.717) is 4.90 Å². The molecule has 0 amide bonds. The molecule has 1 N–H and O–H groups in total. The van der Waals surface area contributed by atoms with Crippen molar-refractivity contribution in [1.29, 1.82) is 4.78 Å². The molecule has 0 aliphatic heterocycles. The second-order valence-electron chi connectivity index (χ2n) is 3.11. The fourth-order valence-electron chi connectivity index (χ4n) is 1.28. The van der Waals surface area contributed by atoms with Gasteiger partial charge in [-0.05, 0) is 24.3 Å². The van der Waals surface area contributed by atoms with Crippen molar-refractivity contribution in [3.8, 4) is 0 Å². The normalized spacial score (nSPS) is 16.8. The molecule has 1 aromatic carbocycles. The summed E-state index contributed by atoms with van der Waals surface area (Å²) in [5.41, 5.74) is 1.32. The number of hydrogen-bond acceptors (Lipinski definition) is 3. The topological polar surface area (TPSA) is 40.9 Å². The first-order valence-corrected chi connectivity index (χ1v) is 5.15. The summed E-state index contributed by atoms with van der Waals surface area (Å²) in [4.78, 5) is 0.597. The number of hydrogen-bond donors (Lipinski definition) is 1. The smallest absolute Gasteiger partial charge is 0.0162 e. The van der Waals surface area contributed by atoms with E-state index >= 15 is 0 Å². The molecular weight excluding hydrogens is 170 g/mol. The van der Waals surface area contributed by atoms with Crippen molar-refractivity contribution in [2.75, 3.05) is 0 Å². The quantitative estimate of drug-likeness (QED) is 0.698. The third-order valence-electron chi connectivity index (χ3n) is 2.14. The Morgan fingerprint density at radius 1 is 1.25 bits per heavy atom. The molecule has 0 radical (unpaired) electrons. The van der Waals surface area contributed by atoms with Crippen LogP contribution in [0, 0.1) is 4.78 Å². The maximum absolute atomic E-state index is 10.7. The van der Waals surface area contributed by atoms with Crippen LogP contribution in [-0.4, -0.2) is 0 Å². The molecule has 12 heavy (non-hydrogen) atoms. The molecule has 1 aliphatic rings. The lowest BCUT2D eigenvalue weighted by Crippen LogP contribution is -1.80. The van der Waals surface area contributed by atoms with Crippen molar-refractivity contribution in [2.45, 2.75) is 23.7 Å². The Hall–Kier alpha value is -0.830. The average Bonchev–Trinajstić information content (AvgIpc) is 2.87. The monoisotopic (exact) mass is 180 g/mol. The predicted molar refractivity (Wildman–Crippen MR) is 47.5 cm³/mol. The summed E-state index contributed by atoms with van der Waals surface area (Å²) in [5, 5.41) is 0. The van der Waals surface area contributed by atoms with Gasteiger partial charge in [0.1, 0.15) is 0 Å². The Morgan fingerprint density at radius 2 is 1.83 bits per heavy atom. The molecule has 0 unspecified atom stereocenters. The summed E-state index contributed by atoms with van der Waals surface area (Å²) in [7, 11) is -1.58. The molecular formula is C9H10NOS-. The highest BCUT2D eigenvalue weighted by molar-refractivity contribution is 7.73. The van der Waals surface area contributed by atoms with Crippen LogP contribution in [0.15, 0.2) is 29.2 Å². The zero-order valence-electron chi connectivity index (χ0n) is 6.62. The van der Waals surface area contributed by atoms with Crippen molar-refractivity contribution < 1.29 is 4.21 Å². The molecule has 3 heteroatoms. The Morgan fingerprint density at radius 3 is 2.25 bits per heavy atom. The van der Waals surface area contributed by atoms with Crippen LogP contribution in [-0.2, 0) is 14.8 Å². The fraction of sp³-hybridized carbons (Fsp3) is 0.333. The maximum atomic E-state index is 10.7. The van der Waals surface area contributed by atoms with E-state index in [2.05, 4.69) is 0 Å². The van der Waals surface area contributed by atoms with Crippen LogP contribution in [0.3, 0.4) is 0 Å². The summed E-state index contributed by atoms with van der Waals surface area (Å²) in [6, 6.07) is 7.55. The number of rotatable bonds is 2. The lowest BCUT2D eigenvalue weighted by atomic mass is 10.1. The highest BCUT2D eigenvalue weighted by Crippen LogP contribution is 2.39. The molecule has 1 aliphatic carbocycles. The highest BCUT2D eigenvalue weighted by atomic mass is 32.2. The SMILES string of the molecule is N=[S-](=O)c1ccc(C2CC2)cc1. The molecule has 1 aromatic rings. The van der Waals surface area contributed by atoms with E-state index in [1.807, 2.05) is 12.1 Å². The van der Waals surface area contributed by atoms with Crippen LogP contribution < -0.4 is 0 Å². The Bertz CT molecular complexity index is 341. The third-order valence-corrected chi connectivity index (χ3v) is 2.84. The molecule has 64 valence electrons. The molecule has 0 aromatic heterocycles. The summed E-state index contributed by atoms with van der Waals surface area (Å²) in [6.07, 6.45) is 2.56. The van der Waals surface area contributed by atoms with Crippen LogP contribution in [0.5, 0.6) is 0 Å². The average molecular weight is 180 g/mol. The second kappa shape index (κ2) is 2.90. The molecule has 0 spiro atoms. The lowest BCUT2D eigenvalue weighted by Gasteiger charge is -2.02. The van der Waals surface area contributed by atoms with Crippen LogP contribution in [0.4, 0.5) is 0 Å². The van der Waals surface area contributed by atoms with Crippen LogP contribution in [0.25, 0.3) is 0 Å². The van der Waals surface area contributed by atoms with E-state index in [-0.39, 0.29) is 0 Å². The van der Waals surface area contributed by atoms with Gasteiger partial charge < -0.3 is 8.99 Å². The third kappa shape index (κ3) is 1.50. The van der Waals surface area contributed by atoms with Gasteiger partial charge in [0.2, 0.25) is 0 Å². The van der Waals surface area contributed by atoms with Crippen molar-refractivity contribution in [2.24, 2.45) is 0 Å². The molecule has 0 saturated heterocycles. The van der Waals surface area contributed by atoms with Gasteiger partial charge in [0.15, 0.2) is 0 Å². The molecule has 2 rings (SSSR count). The summed E-state index contributed by atoms with van der Waals surface area (Å²) in [5.74, 6) is 0.734. The molecule has 0 bridgehead atoms. The summed E-state index contributed by atoms with van der Waals surface area (Å²) in [6.45, 7) is 0. The van der Waals surface area contributed by atoms with Crippen LogP contribution >= 0.6 is 0 Å². The van der Waals surface area contributed by atoms with Crippen molar-refractivity contribution in [1.82, 2.24) is 0 Å². The minimum atomic E-state index is -1.58. The first-order valence-electron chi connectivity index (χ1n) is 4.00. The fourth-order valence-corrected chi connectivity index (χ4v) is 1.66. The summed E-state index contributed by atoms with van der Waals surface area (Å²) < 4.78 is 17.7. The molecule has 0 atom stereocenters. The van der Waals surface area contributed by atoms with Gasteiger partial charge in [0.05, 0.1) is 0 Å². The zero-order valence-corrected chi connectivity index (χ0v) is 7.43. The van der Waals surface area contributed by atoms with Gasteiger partial charge in [-0.3, -0.25) is 0 Å². The van der Waals surface area contributed by atoms with E-state index in [1.54, 1.807) is 12.1 Å². The Balaban J connectivity index is 2.30. The van der Waals surface area contributed by atoms with Gasteiger partial charge in [-0.1, -0.05) is 24.3 Å². The second-order valence-corrected chi connectivity index (χ2v) is 4.12. The Labute approximate surface area is 73.6 Å². The van der Waals surface area contributed by atoms with Gasteiger partial charge in [-0.25, -0.2) is 0 Å². The molecule has 1 saturated carbocycles. The Kier molecular flexibility index (Phi) is 1.89. The molecule has 1 fully saturated rings. The molecule has 2 nitrogen and oxygen atoms in total. The standard InChI is InChI=1S/C9H10NOS/c10-12(11)9-5-3-8(4-6-9)7-1-2-7/h3-7,10H,1-2H2/q-1. The van der Waals surface area contributed by atoms with E-state index in [1.165, 1.54) is 18.4 Å². The first kappa shape index (κ1) is 7.80. The maximum Gasteiger partial charge on any atom is -0.0162 e. The van der Waals surface area contributed by atoms with Crippen molar-refractivity contribution in [3.63, 3.8) is 0 Å². The van der Waals surface area contributed by atoms with Crippen molar-refractivity contribution >= 4 is 10.6 Å². The number of nitrogens with one attached hydrogen (secondary N) is 1. The van der Waals surface area contributed by atoms with E-state index in [0.717, 1.165) is 5.92 Å². The zero-order chi connectivity index (χ0) is 8.55. The van der Waals surface area contributed by atoms with E-state index in [9.17, 15) is 4.21 Å². The van der Waals surface area contributed by atoms with Crippen LogP contribution in [0.2, 0.25) is 0 Å². The van der Waals surface area contributed by atoms with Gasteiger partial charge in [-0.2, -0.15) is 10.6 Å². The lowest BCUT2D eigenvalue weighted by molar-refractivity contribution is 0.599. The van der Waals surface area contributed by atoms with Crippen LogP contribution in [0.1, 0.15) is 24.3 Å². The van der Waals surface area contributed by atoms with E-state index in [4.69, 9.17) is 4.78 Å². The van der Waals surface area contributed by atoms with Gasteiger partial charge in [0.25, 0.3) is 0 Å². The number of benzene rings is 1.